The van der Waals surface area contributed by atoms with E-state index in [0.717, 1.165) is 5.56 Å². The van der Waals surface area contributed by atoms with Crippen LogP contribution in [0.15, 0.2) is 54.4 Å². The summed E-state index contributed by atoms with van der Waals surface area (Å²) in [4.78, 5) is 14.3. The predicted octanol–water partition coefficient (Wildman–Crippen LogP) is 3.22. The van der Waals surface area contributed by atoms with Crippen molar-refractivity contribution >= 4 is 11.6 Å². The molecule has 25 heavy (non-hydrogen) atoms. The number of benzene rings is 2. The van der Waals surface area contributed by atoms with Gasteiger partial charge in [0.2, 0.25) is 0 Å². The summed E-state index contributed by atoms with van der Waals surface area (Å²) in [6.45, 7) is 0.660. The van der Waals surface area contributed by atoms with Crippen molar-refractivity contribution in [2.24, 2.45) is 5.73 Å². The number of amides is 1. The summed E-state index contributed by atoms with van der Waals surface area (Å²) in [5, 5.41) is 0. The molecule has 0 fully saturated rings. The maximum Gasteiger partial charge on any atom is 0.258 e. The summed E-state index contributed by atoms with van der Waals surface area (Å²) in [6, 6.07) is 11.0. The highest BCUT2D eigenvalue weighted by Crippen LogP contribution is 2.27. The van der Waals surface area contributed by atoms with Gasteiger partial charge in [0.15, 0.2) is 0 Å². The molecule has 3 rings (SSSR count). The number of hydrogen-bond donors (Lipinski definition) is 1. The maximum absolute atomic E-state index is 13.1. The first-order chi connectivity index (χ1) is 12.1. The topological polar surface area (TPSA) is 55.6 Å². The van der Waals surface area contributed by atoms with Crippen molar-refractivity contribution in [3.63, 3.8) is 0 Å². The smallest absolute Gasteiger partial charge is 0.258 e. The standard InChI is InChI=1S/C19H18F2N2O2/c20-10-13(11-22)12-25-17-5-6-18-14(9-17)7-8-23(19(18)24)16-3-1-15(21)2-4-16/h1-6,9-10H,7-8,11-12,22H2/b13-10+. The molecule has 0 unspecified atom stereocenters. The fourth-order valence-electron chi connectivity index (χ4n) is 2.73. The van der Waals surface area contributed by atoms with Crippen LogP contribution in [-0.2, 0) is 6.42 Å². The third kappa shape index (κ3) is 3.69. The highest BCUT2D eigenvalue weighted by molar-refractivity contribution is 6.08. The van der Waals surface area contributed by atoms with Crippen LogP contribution in [0.4, 0.5) is 14.5 Å². The number of ether oxygens (including phenoxy) is 1. The Hall–Kier alpha value is -2.73. The maximum atomic E-state index is 13.1. The van der Waals surface area contributed by atoms with Gasteiger partial charge in [-0.15, -0.1) is 0 Å². The number of rotatable bonds is 5. The van der Waals surface area contributed by atoms with Crippen molar-refractivity contribution in [1.29, 1.82) is 0 Å². The lowest BCUT2D eigenvalue weighted by Gasteiger charge is -2.29. The zero-order chi connectivity index (χ0) is 17.8. The van der Waals surface area contributed by atoms with Crippen molar-refractivity contribution < 1.29 is 18.3 Å². The first kappa shape index (κ1) is 17.1. The second kappa shape index (κ2) is 7.44. The van der Waals surface area contributed by atoms with Crippen LogP contribution in [0.25, 0.3) is 0 Å². The molecule has 0 aliphatic carbocycles. The summed E-state index contributed by atoms with van der Waals surface area (Å²) >= 11 is 0. The average molecular weight is 344 g/mol. The molecule has 6 heteroatoms. The van der Waals surface area contributed by atoms with Gasteiger partial charge in [0.25, 0.3) is 5.91 Å². The van der Waals surface area contributed by atoms with E-state index >= 15 is 0 Å². The van der Waals surface area contributed by atoms with E-state index in [1.807, 2.05) is 0 Å². The summed E-state index contributed by atoms with van der Waals surface area (Å²) in [5.41, 5.74) is 7.88. The fourth-order valence-corrected chi connectivity index (χ4v) is 2.73. The van der Waals surface area contributed by atoms with Crippen LogP contribution in [0.1, 0.15) is 15.9 Å². The number of hydrogen-bond acceptors (Lipinski definition) is 3. The molecular formula is C19H18F2N2O2. The van der Waals surface area contributed by atoms with Gasteiger partial charge >= 0.3 is 0 Å². The van der Waals surface area contributed by atoms with Crippen molar-refractivity contribution in [2.45, 2.75) is 6.42 Å². The Morgan fingerprint density at radius 1 is 1.24 bits per heavy atom. The lowest BCUT2D eigenvalue weighted by Crippen LogP contribution is -2.37. The molecule has 1 aliphatic heterocycles. The van der Waals surface area contributed by atoms with Crippen LogP contribution >= 0.6 is 0 Å². The van der Waals surface area contributed by atoms with Gasteiger partial charge < -0.3 is 15.4 Å². The molecule has 1 heterocycles. The average Bonchev–Trinajstić information content (AvgIpc) is 2.64. The van der Waals surface area contributed by atoms with Crippen molar-refractivity contribution in [1.82, 2.24) is 0 Å². The Morgan fingerprint density at radius 3 is 2.68 bits per heavy atom. The molecule has 0 bridgehead atoms. The first-order valence-electron chi connectivity index (χ1n) is 7.93. The van der Waals surface area contributed by atoms with E-state index in [4.69, 9.17) is 10.5 Å². The Labute approximate surface area is 144 Å². The van der Waals surface area contributed by atoms with Gasteiger partial charge in [-0.25, -0.2) is 8.78 Å². The largest absolute Gasteiger partial charge is 0.489 e. The van der Waals surface area contributed by atoms with Crippen molar-refractivity contribution in [3.05, 3.63) is 71.3 Å². The summed E-state index contributed by atoms with van der Waals surface area (Å²) in [7, 11) is 0. The van der Waals surface area contributed by atoms with E-state index in [2.05, 4.69) is 0 Å². The number of carbonyl (C=O) groups is 1. The number of nitrogens with zero attached hydrogens (tertiary/aromatic N) is 1. The van der Waals surface area contributed by atoms with Gasteiger partial charge in [-0.2, -0.15) is 0 Å². The van der Waals surface area contributed by atoms with Gasteiger partial charge in [-0.05, 0) is 54.4 Å². The molecule has 2 N–H and O–H groups in total. The second-order valence-electron chi connectivity index (χ2n) is 5.76. The van der Waals surface area contributed by atoms with Crippen LogP contribution < -0.4 is 15.4 Å². The van der Waals surface area contributed by atoms with Gasteiger partial charge in [-0.1, -0.05) is 0 Å². The zero-order valence-electron chi connectivity index (χ0n) is 13.5. The van der Waals surface area contributed by atoms with E-state index in [1.54, 1.807) is 35.2 Å². The predicted molar refractivity (Wildman–Crippen MR) is 92.0 cm³/mol. The van der Waals surface area contributed by atoms with Crippen LogP contribution in [0.2, 0.25) is 0 Å². The zero-order valence-corrected chi connectivity index (χ0v) is 13.5. The molecule has 0 saturated heterocycles. The minimum Gasteiger partial charge on any atom is -0.489 e. The molecule has 0 saturated carbocycles. The number of halogens is 2. The highest BCUT2D eigenvalue weighted by Gasteiger charge is 2.25. The lowest BCUT2D eigenvalue weighted by molar-refractivity contribution is 0.0980. The Kier molecular flexibility index (Phi) is 5.09. The highest BCUT2D eigenvalue weighted by atomic mass is 19.1. The number of carbonyl (C=O) groups excluding carboxylic acids is 1. The van der Waals surface area contributed by atoms with Crippen molar-refractivity contribution in [3.8, 4) is 5.75 Å². The third-order valence-corrected chi connectivity index (χ3v) is 4.14. The monoisotopic (exact) mass is 344 g/mol. The van der Waals surface area contributed by atoms with Gasteiger partial charge in [-0.3, -0.25) is 4.79 Å². The molecule has 2 aromatic rings. The number of anilines is 1. The van der Waals surface area contributed by atoms with Gasteiger partial charge in [0.05, 0.1) is 6.33 Å². The fraction of sp³-hybridized carbons (Fsp3) is 0.211. The lowest BCUT2D eigenvalue weighted by atomic mass is 9.98. The molecule has 2 aromatic carbocycles. The Bertz CT molecular complexity index is 804. The molecule has 1 aliphatic rings. The molecule has 0 spiro atoms. The minimum absolute atomic E-state index is 0.0709. The number of fused-ring (bicyclic) bond motifs is 1. The molecular weight excluding hydrogens is 326 g/mol. The summed E-state index contributed by atoms with van der Waals surface area (Å²) in [6.07, 6.45) is 1.10. The molecule has 1 amide bonds. The third-order valence-electron chi connectivity index (χ3n) is 4.14. The summed E-state index contributed by atoms with van der Waals surface area (Å²) in [5.74, 6) is 0.0925. The van der Waals surface area contributed by atoms with E-state index in [0.29, 0.717) is 41.9 Å². The molecule has 130 valence electrons. The molecule has 0 aromatic heterocycles. The summed E-state index contributed by atoms with van der Waals surface area (Å²) < 4.78 is 31.1. The van der Waals surface area contributed by atoms with Crippen LogP contribution in [0.3, 0.4) is 0 Å². The van der Waals surface area contributed by atoms with E-state index in [9.17, 15) is 13.6 Å². The van der Waals surface area contributed by atoms with E-state index < -0.39 is 0 Å². The molecule has 0 radical (unpaired) electrons. The van der Waals surface area contributed by atoms with E-state index in [-0.39, 0.29) is 24.9 Å². The second-order valence-corrected chi connectivity index (χ2v) is 5.76. The molecule has 0 atom stereocenters. The van der Waals surface area contributed by atoms with Crippen LogP contribution in [-0.4, -0.2) is 25.6 Å². The quantitative estimate of drug-likeness (QED) is 0.906. The molecule has 4 nitrogen and oxygen atoms in total. The number of nitrogens with two attached hydrogens (primary N) is 1. The Balaban J connectivity index is 1.77. The SMILES string of the molecule is NC/C(=C\F)COc1ccc2c(c1)CCN(c1ccc(F)cc1)C2=O. The van der Waals surface area contributed by atoms with Crippen molar-refractivity contribution in [2.75, 3.05) is 24.6 Å². The van der Waals surface area contributed by atoms with E-state index in [1.165, 1.54) is 12.1 Å². The van der Waals surface area contributed by atoms with Gasteiger partial charge in [0, 0.05) is 29.9 Å². The van der Waals surface area contributed by atoms with Gasteiger partial charge in [0.1, 0.15) is 18.2 Å². The minimum atomic E-state index is -0.338. The first-order valence-corrected chi connectivity index (χ1v) is 7.93. The van der Waals surface area contributed by atoms with Crippen LogP contribution in [0.5, 0.6) is 5.75 Å². The normalized spacial score (nSPS) is 14.4. The Morgan fingerprint density at radius 2 is 2.00 bits per heavy atom. The van der Waals surface area contributed by atoms with Crippen LogP contribution in [0, 0.1) is 5.82 Å².